The van der Waals surface area contributed by atoms with Gasteiger partial charge in [0.05, 0.1) is 31.3 Å². The zero-order chi connectivity index (χ0) is 17.2. The number of rotatable bonds is 5. The number of sulfonamides is 1. The fraction of sp³-hybridized carbons (Fsp3) is 0.706. The molecule has 0 radical (unpaired) electrons. The fourth-order valence-electron chi connectivity index (χ4n) is 3.78. The van der Waals surface area contributed by atoms with Crippen molar-refractivity contribution in [3.63, 3.8) is 0 Å². The van der Waals surface area contributed by atoms with E-state index >= 15 is 0 Å². The molecule has 0 N–H and O–H groups in total. The van der Waals surface area contributed by atoms with Gasteiger partial charge in [-0.3, -0.25) is 4.98 Å². The Bertz CT molecular complexity index is 679. The van der Waals surface area contributed by atoms with E-state index in [0.717, 1.165) is 37.3 Å². The van der Waals surface area contributed by atoms with Gasteiger partial charge in [-0.15, -0.1) is 0 Å². The van der Waals surface area contributed by atoms with Crippen LogP contribution in [0, 0.1) is 12.3 Å². The summed E-state index contributed by atoms with van der Waals surface area (Å²) in [6.45, 7) is 4.67. The van der Waals surface area contributed by atoms with Crippen LogP contribution in [0.5, 0.6) is 0 Å². The van der Waals surface area contributed by atoms with Crippen LogP contribution in [0.4, 0.5) is 0 Å². The number of fused-ring (bicyclic) bond motifs is 1. The van der Waals surface area contributed by atoms with E-state index in [-0.39, 0.29) is 11.5 Å². The van der Waals surface area contributed by atoms with E-state index in [1.54, 1.807) is 4.31 Å². The van der Waals surface area contributed by atoms with E-state index in [1.165, 1.54) is 6.26 Å². The first-order valence-corrected chi connectivity index (χ1v) is 10.3. The second kappa shape index (κ2) is 7.07. The Labute approximate surface area is 144 Å². The van der Waals surface area contributed by atoms with Crippen LogP contribution in [0.1, 0.15) is 30.7 Å². The van der Waals surface area contributed by atoms with Gasteiger partial charge in [0.25, 0.3) is 0 Å². The van der Waals surface area contributed by atoms with Gasteiger partial charge in [0.2, 0.25) is 10.0 Å². The van der Waals surface area contributed by atoms with E-state index in [0.29, 0.717) is 26.3 Å². The average molecular weight is 354 g/mol. The normalized spacial score (nSPS) is 28.5. The molecule has 3 heterocycles. The highest BCUT2D eigenvalue weighted by Gasteiger charge is 2.47. The number of aryl methyl sites for hydroxylation is 1. The van der Waals surface area contributed by atoms with Crippen LogP contribution < -0.4 is 0 Å². The highest BCUT2D eigenvalue weighted by atomic mass is 32.2. The summed E-state index contributed by atoms with van der Waals surface area (Å²) in [7, 11) is -3.19. The highest BCUT2D eigenvalue weighted by Crippen LogP contribution is 2.41. The highest BCUT2D eigenvalue weighted by molar-refractivity contribution is 7.88. The number of hydrogen-bond donors (Lipinski definition) is 0. The van der Waals surface area contributed by atoms with Crippen molar-refractivity contribution >= 4 is 10.0 Å². The monoisotopic (exact) mass is 354 g/mol. The van der Waals surface area contributed by atoms with Gasteiger partial charge >= 0.3 is 0 Å². The summed E-state index contributed by atoms with van der Waals surface area (Å²) in [6.07, 6.45) is 3.97. The molecule has 0 spiro atoms. The van der Waals surface area contributed by atoms with Crippen molar-refractivity contribution in [2.45, 2.75) is 38.9 Å². The maximum atomic E-state index is 12.0. The van der Waals surface area contributed by atoms with Crippen molar-refractivity contribution in [2.75, 3.05) is 32.6 Å². The van der Waals surface area contributed by atoms with Crippen LogP contribution in [-0.2, 0) is 26.1 Å². The zero-order valence-electron chi connectivity index (χ0n) is 14.4. The van der Waals surface area contributed by atoms with Gasteiger partial charge in [-0.05, 0) is 38.3 Å². The number of piperidine rings is 1. The summed E-state index contributed by atoms with van der Waals surface area (Å²) < 4.78 is 37.4. The predicted octanol–water partition coefficient (Wildman–Crippen LogP) is 1.74. The molecule has 0 bridgehead atoms. The standard InChI is InChI=1S/C17H26N2O4S/c1-14-5-3-6-15(18-14)11-22-13-17-8-4-10-23-16(17)7-9-19(12-17)24(2,20)21/h3,5-6,16H,4,7-13H2,1-2H3/t16-,17-/m1/s1. The van der Waals surface area contributed by atoms with Crippen LogP contribution >= 0.6 is 0 Å². The molecular weight excluding hydrogens is 328 g/mol. The summed E-state index contributed by atoms with van der Waals surface area (Å²) in [5, 5.41) is 0. The summed E-state index contributed by atoms with van der Waals surface area (Å²) in [4.78, 5) is 4.45. The fourth-order valence-corrected chi connectivity index (χ4v) is 4.71. The van der Waals surface area contributed by atoms with Crippen molar-refractivity contribution in [2.24, 2.45) is 5.41 Å². The molecule has 0 aromatic carbocycles. The molecule has 2 fully saturated rings. The van der Waals surface area contributed by atoms with Crippen molar-refractivity contribution in [1.82, 2.24) is 9.29 Å². The Morgan fingerprint density at radius 2 is 2.29 bits per heavy atom. The Kier molecular flexibility index (Phi) is 5.24. The summed E-state index contributed by atoms with van der Waals surface area (Å²) >= 11 is 0. The predicted molar refractivity (Wildman–Crippen MR) is 91.1 cm³/mol. The SMILES string of the molecule is Cc1cccc(COC[C@]23CCCO[C@@H]2CCN(S(C)(=O)=O)C3)n1. The molecule has 3 rings (SSSR count). The topological polar surface area (TPSA) is 68.7 Å². The van der Waals surface area contributed by atoms with Crippen LogP contribution in [-0.4, -0.2) is 56.4 Å². The molecule has 6 nitrogen and oxygen atoms in total. The Balaban J connectivity index is 1.69. The van der Waals surface area contributed by atoms with Crippen LogP contribution in [0.15, 0.2) is 18.2 Å². The minimum absolute atomic E-state index is 0.0784. The molecule has 24 heavy (non-hydrogen) atoms. The Morgan fingerprint density at radius 1 is 1.46 bits per heavy atom. The van der Waals surface area contributed by atoms with Gasteiger partial charge in [0.1, 0.15) is 0 Å². The average Bonchev–Trinajstić information content (AvgIpc) is 2.53. The van der Waals surface area contributed by atoms with Crippen molar-refractivity contribution in [3.8, 4) is 0 Å². The lowest BCUT2D eigenvalue weighted by molar-refractivity contribution is -0.144. The second-order valence-corrected chi connectivity index (χ2v) is 8.96. The largest absolute Gasteiger partial charge is 0.377 e. The van der Waals surface area contributed by atoms with Gasteiger partial charge in [0, 0.05) is 30.8 Å². The van der Waals surface area contributed by atoms with Crippen LogP contribution in [0.3, 0.4) is 0 Å². The molecule has 0 unspecified atom stereocenters. The number of aromatic nitrogens is 1. The number of hydrogen-bond acceptors (Lipinski definition) is 5. The number of nitrogens with zero attached hydrogens (tertiary/aromatic N) is 2. The molecule has 2 aliphatic heterocycles. The quantitative estimate of drug-likeness (QED) is 0.806. The van der Waals surface area contributed by atoms with Crippen LogP contribution in [0.2, 0.25) is 0 Å². The lowest BCUT2D eigenvalue weighted by atomic mass is 9.73. The van der Waals surface area contributed by atoms with Gasteiger partial charge in [-0.2, -0.15) is 0 Å². The van der Waals surface area contributed by atoms with Gasteiger partial charge in [-0.25, -0.2) is 12.7 Å². The third-order valence-corrected chi connectivity index (χ3v) is 6.26. The maximum Gasteiger partial charge on any atom is 0.211 e. The molecule has 2 aliphatic rings. The van der Waals surface area contributed by atoms with E-state index in [9.17, 15) is 8.42 Å². The van der Waals surface area contributed by atoms with Gasteiger partial charge in [-0.1, -0.05) is 6.07 Å². The molecule has 134 valence electrons. The molecule has 1 aromatic heterocycles. The summed E-state index contributed by atoms with van der Waals surface area (Å²) in [5.41, 5.74) is 1.62. The number of ether oxygens (including phenoxy) is 2. The smallest absolute Gasteiger partial charge is 0.211 e. The molecule has 0 amide bonds. The summed E-state index contributed by atoms with van der Waals surface area (Å²) in [5.74, 6) is 0. The van der Waals surface area contributed by atoms with Crippen molar-refractivity contribution in [3.05, 3.63) is 29.6 Å². The first kappa shape index (κ1) is 17.8. The first-order valence-electron chi connectivity index (χ1n) is 8.46. The minimum atomic E-state index is -3.19. The van der Waals surface area contributed by atoms with E-state index in [2.05, 4.69) is 4.98 Å². The molecule has 1 aromatic rings. The maximum absolute atomic E-state index is 12.0. The zero-order valence-corrected chi connectivity index (χ0v) is 15.2. The minimum Gasteiger partial charge on any atom is -0.377 e. The third kappa shape index (κ3) is 3.96. The van der Waals surface area contributed by atoms with E-state index < -0.39 is 10.0 Å². The van der Waals surface area contributed by atoms with E-state index in [4.69, 9.17) is 9.47 Å². The summed E-state index contributed by atoms with van der Waals surface area (Å²) in [6, 6.07) is 5.87. The first-order chi connectivity index (χ1) is 11.4. The van der Waals surface area contributed by atoms with Crippen LogP contribution in [0.25, 0.3) is 0 Å². The van der Waals surface area contributed by atoms with Gasteiger partial charge < -0.3 is 9.47 Å². The molecule has 2 saturated heterocycles. The lowest BCUT2D eigenvalue weighted by Crippen LogP contribution is -2.57. The molecular formula is C17H26N2O4S. The Hall–Kier alpha value is -1.02. The molecule has 0 saturated carbocycles. The van der Waals surface area contributed by atoms with Crippen molar-refractivity contribution in [1.29, 1.82) is 0 Å². The van der Waals surface area contributed by atoms with E-state index in [1.807, 2.05) is 25.1 Å². The second-order valence-electron chi connectivity index (χ2n) is 6.97. The lowest BCUT2D eigenvalue weighted by Gasteiger charge is -2.49. The van der Waals surface area contributed by atoms with Crippen molar-refractivity contribution < 1.29 is 17.9 Å². The molecule has 2 atom stereocenters. The van der Waals surface area contributed by atoms with Gasteiger partial charge in [0.15, 0.2) is 0 Å². The number of pyridine rings is 1. The molecule has 7 heteroatoms. The third-order valence-electron chi connectivity index (χ3n) is 5.01. The molecule has 0 aliphatic carbocycles. The Morgan fingerprint density at radius 3 is 3.04 bits per heavy atom.